The molecule has 0 bridgehead atoms. The van der Waals surface area contributed by atoms with Crippen LogP contribution in [0.4, 0.5) is 4.39 Å². The third-order valence-electron chi connectivity index (χ3n) is 3.55. The van der Waals surface area contributed by atoms with Gasteiger partial charge in [0.1, 0.15) is 12.1 Å². The van der Waals surface area contributed by atoms with Crippen LogP contribution in [0.3, 0.4) is 0 Å². The summed E-state index contributed by atoms with van der Waals surface area (Å²) >= 11 is 0. The number of H-pyrrole nitrogens is 1. The molecule has 0 spiro atoms. The largest absolute Gasteiger partial charge is 0.353 e. The zero-order valence-electron chi connectivity index (χ0n) is 13.6. The van der Waals surface area contributed by atoms with Crippen molar-refractivity contribution in [2.45, 2.75) is 32.2 Å². The number of halogens is 1. The Morgan fingerprint density at radius 2 is 2.24 bits per heavy atom. The summed E-state index contributed by atoms with van der Waals surface area (Å²) in [6.45, 7) is 1.83. The van der Waals surface area contributed by atoms with Crippen LogP contribution in [-0.2, 0) is 17.6 Å². The monoisotopic (exact) mass is 344 g/mol. The molecule has 1 amide bonds. The van der Waals surface area contributed by atoms with Crippen LogP contribution in [0.15, 0.2) is 35.1 Å². The number of amides is 1. The third-order valence-corrected chi connectivity index (χ3v) is 3.55. The van der Waals surface area contributed by atoms with E-state index in [1.807, 2.05) is 6.92 Å². The highest BCUT2D eigenvalue weighted by molar-refractivity contribution is 5.76. The first kappa shape index (κ1) is 16.7. The van der Waals surface area contributed by atoms with Gasteiger partial charge in [-0.15, -0.1) is 0 Å². The van der Waals surface area contributed by atoms with E-state index in [0.717, 1.165) is 0 Å². The number of carbonyl (C=O) groups is 1. The minimum atomic E-state index is -0.269. The van der Waals surface area contributed by atoms with Crippen LogP contribution in [-0.4, -0.2) is 37.3 Å². The number of nitrogens with one attached hydrogen (secondary N) is 2. The summed E-state index contributed by atoms with van der Waals surface area (Å²) in [4.78, 5) is 20.1. The van der Waals surface area contributed by atoms with Crippen molar-refractivity contribution in [2.75, 3.05) is 0 Å². The first-order valence-electron chi connectivity index (χ1n) is 7.83. The molecular formula is C16H17FN6O2. The number of aryl methyl sites for hydroxylation is 1. The Kier molecular flexibility index (Phi) is 5.12. The number of aromatic amines is 1. The van der Waals surface area contributed by atoms with Crippen molar-refractivity contribution in [2.24, 2.45) is 0 Å². The topological polar surface area (TPSA) is 110 Å². The Labute approximate surface area is 142 Å². The van der Waals surface area contributed by atoms with E-state index >= 15 is 0 Å². The lowest BCUT2D eigenvalue weighted by molar-refractivity contribution is -0.121. The van der Waals surface area contributed by atoms with Gasteiger partial charge in [0, 0.05) is 18.9 Å². The Bertz CT molecular complexity index is 833. The van der Waals surface area contributed by atoms with Gasteiger partial charge >= 0.3 is 0 Å². The van der Waals surface area contributed by atoms with Gasteiger partial charge in [0.05, 0.1) is 0 Å². The lowest BCUT2D eigenvalue weighted by Gasteiger charge is -2.14. The summed E-state index contributed by atoms with van der Waals surface area (Å²) in [5.41, 5.74) is 0.573. The van der Waals surface area contributed by atoms with Crippen molar-refractivity contribution >= 4 is 5.91 Å². The molecule has 130 valence electrons. The van der Waals surface area contributed by atoms with Crippen molar-refractivity contribution in [3.63, 3.8) is 0 Å². The second-order valence-electron chi connectivity index (χ2n) is 5.61. The normalized spacial score (nSPS) is 12.1. The number of hydrogen-bond donors (Lipinski definition) is 2. The van der Waals surface area contributed by atoms with Crippen LogP contribution < -0.4 is 5.32 Å². The van der Waals surface area contributed by atoms with Gasteiger partial charge in [-0.05, 0) is 25.0 Å². The number of carbonyl (C=O) groups excluding carboxylic acids is 1. The van der Waals surface area contributed by atoms with E-state index in [1.54, 1.807) is 18.2 Å². The molecule has 2 N–H and O–H groups in total. The predicted octanol–water partition coefficient (Wildman–Crippen LogP) is 1.67. The number of rotatable bonds is 7. The molecule has 0 aliphatic rings. The van der Waals surface area contributed by atoms with Gasteiger partial charge in [-0.3, -0.25) is 9.89 Å². The number of benzene rings is 1. The van der Waals surface area contributed by atoms with Crippen LogP contribution in [0.25, 0.3) is 11.6 Å². The van der Waals surface area contributed by atoms with Crippen LogP contribution in [0.2, 0.25) is 0 Å². The minimum Gasteiger partial charge on any atom is -0.353 e. The minimum absolute atomic E-state index is 0.164. The molecule has 0 radical (unpaired) electrons. The first-order valence-corrected chi connectivity index (χ1v) is 7.83. The van der Waals surface area contributed by atoms with Crippen LogP contribution >= 0.6 is 0 Å². The number of aromatic nitrogens is 5. The summed E-state index contributed by atoms with van der Waals surface area (Å²) in [5.74, 6) is 0.597. The van der Waals surface area contributed by atoms with Gasteiger partial charge in [-0.25, -0.2) is 9.37 Å². The second-order valence-corrected chi connectivity index (χ2v) is 5.61. The molecule has 0 unspecified atom stereocenters. The van der Waals surface area contributed by atoms with Crippen LogP contribution in [0, 0.1) is 5.82 Å². The predicted molar refractivity (Wildman–Crippen MR) is 85.7 cm³/mol. The molecule has 8 nitrogen and oxygen atoms in total. The van der Waals surface area contributed by atoms with E-state index in [4.69, 9.17) is 4.52 Å². The average Bonchev–Trinajstić information content (AvgIpc) is 3.26. The molecule has 2 heterocycles. The fourth-order valence-corrected chi connectivity index (χ4v) is 2.38. The summed E-state index contributed by atoms with van der Waals surface area (Å²) < 4.78 is 18.7. The Morgan fingerprint density at radius 1 is 1.40 bits per heavy atom. The fourth-order valence-electron chi connectivity index (χ4n) is 2.38. The molecular weight excluding hydrogens is 327 g/mol. The van der Waals surface area contributed by atoms with E-state index in [9.17, 15) is 9.18 Å². The molecule has 1 aromatic carbocycles. The number of hydrogen-bond acceptors (Lipinski definition) is 6. The van der Waals surface area contributed by atoms with Crippen molar-refractivity contribution in [1.29, 1.82) is 0 Å². The molecule has 0 aliphatic heterocycles. The molecule has 3 aromatic rings. The smallest absolute Gasteiger partial charge is 0.239 e. The quantitative estimate of drug-likeness (QED) is 0.675. The maximum absolute atomic E-state index is 13.6. The standard InChI is InChI=1S/C16H17FN6O2/c1-10(8-11-4-2-3-5-12(11)17)20-13(24)6-7-14-21-16(23-25-14)15-18-9-19-22-15/h2-5,9-10H,6-8H2,1H3,(H,20,24)(H,18,19,22)/t10-/m1/s1. The summed E-state index contributed by atoms with van der Waals surface area (Å²) in [6.07, 6.45) is 2.27. The lowest BCUT2D eigenvalue weighted by atomic mass is 10.1. The van der Waals surface area contributed by atoms with E-state index in [2.05, 4.69) is 30.6 Å². The van der Waals surface area contributed by atoms with Gasteiger partial charge in [-0.1, -0.05) is 23.4 Å². The van der Waals surface area contributed by atoms with Crippen molar-refractivity contribution in [3.8, 4) is 11.6 Å². The molecule has 0 saturated carbocycles. The third kappa shape index (κ3) is 4.46. The van der Waals surface area contributed by atoms with Gasteiger partial charge < -0.3 is 9.84 Å². The van der Waals surface area contributed by atoms with E-state index < -0.39 is 0 Å². The zero-order valence-corrected chi connectivity index (χ0v) is 13.6. The Hall–Kier alpha value is -3.10. The highest BCUT2D eigenvalue weighted by atomic mass is 19.1. The molecule has 9 heteroatoms. The van der Waals surface area contributed by atoms with E-state index in [0.29, 0.717) is 35.9 Å². The van der Waals surface area contributed by atoms with Crippen LogP contribution in [0.1, 0.15) is 24.8 Å². The van der Waals surface area contributed by atoms with Crippen molar-refractivity contribution < 1.29 is 13.7 Å². The Morgan fingerprint density at radius 3 is 3.00 bits per heavy atom. The molecule has 3 rings (SSSR count). The highest BCUT2D eigenvalue weighted by Gasteiger charge is 2.14. The molecule has 2 aromatic heterocycles. The average molecular weight is 344 g/mol. The fraction of sp³-hybridized carbons (Fsp3) is 0.312. The van der Waals surface area contributed by atoms with Crippen molar-refractivity contribution in [1.82, 2.24) is 30.6 Å². The molecule has 0 saturated heterocycles. The van der Waals surface area contributed by atoms with Gasteiger partial charge in [-0.2, -0.15) is 10.1 Å². The zero-order chi connectivity index (χ0) is 17.6. The van der Waals surface area contributed by atoms with Gasteiger partial charge in [0.15, 0.2) is 5.82 Å². The Balaban J connectivity index is 1.47. The maximum atomic E-state index is 13.6. The molecule has 1 atom stereocenters. The van der Waals surface area contributed by atoms with Crippen molar-refractivity contribution in [3.05, 3.63) is 47.9 Å². The summed E-state index contributed by atoms with van der Waals surface area (Å²) in [5, 5.41) is 12.9. The first-order chi connectivity index (χ1) is 12.1. The van der Waals surface area contributed by atoms with Crippen LogP contribution in [0.5, 0.6) is 0 Å². The van der Waals surface area contributed by atoms with E-state index in [1.165, 1.54) is 12.4 Å². The summed E-state index contributed by atoms with van der Waals surface area (Å²) in [6, 6.07) is 6.35. The maximum Gasteiger partial charge on any atom is 0.239 e. The molecule has 0 fully saturated rings. The number of nitrogens with zero attached hydrogens (tertiary/aromatic N) is 4. The van der Waals surface area contributed by atoms with Gasteiger partial charge in [0.25, 0.3) is 0 Å². The molecule has 25 heavy (non-hydrogen) atoms. The summed E-state index contributed by atoms with van der Waals surface area (Å²) in [7, 11) is 0. The van der Waals surface area contributed by atoms with Gasteiger partial charge in [0.2, 0.25) is 17.6 Å². The lowest BCUT2D eigenvalue weighted by Crippen LogP contribution is -2.34. The SMILES string of the molecule is C[C@H](Cc1ccccc1F)NC(=O)CCc1nc(-c2ncn[nH]2)no1. The second kappa shape index (κ2) is 7.65. The van der Waals surface area contributed by atoms with E-state index in [-0.39, 0.29) is 24.2 Å². The highest BCUT2D eigenvalue weighted by Crippen LogP contribution is 2.11. The molecule has 0 aliphatic carbocycles.